The van der Waals surface area contributed by atoms with Gasteiger partial charge in [0.1, 0.15) is 0 Å². The molecule has 4 fully saturated rings. The van der Waals surface area contributed by atoms with Gasteiger partial charge in [0.05, 0.1) is 19.8 Å². The van der Waals surface area contributed by atoms with Crippen LogP contribution < -0.4 is 5.32 Å². The van der Waals surface area contributed by atoms with E-state index in [2.05, 4.69) is 26.1 Å². The van der Waals surface area contributed by atoms with Crippen LogP contribution in [-0.4, -0.2) is 41.3 Å². The van der Waals surface area contributed by atoms with E-state index in [4.69, 9.17) is 4.74 Å². The Morgan fingerprint density at radius 3 is 2.59 bits per heavy atom. The number of aliphatic hydroxyl groups is 2. The van der Waals surface area contributed by atoms with Crippen molar-refractivity contribution in [3.8, 4) is 0 Å². The average molecular weight is 540 g/mol. The van der Waals surface area contributed by atoms with Gasteiger partial charge in [-0.1, -0.05) is 39.0 Å². The summed E-state index contributed by atoms with van der Waals surface area (Å²) in [6.07, 6.45) is 9.66. The zero-order chi connectivity index (χ0) is 27.9. The Morgan fingerprint density at radius 1 is 1.08 bits per heavy atom. The monoisotopic (exact) mass is 539 g/mol. The van der Waals surface area contributed by atoms with Crippen LogP contribution in [0, 0.1) is 46.3 Å². The molecule has 1 aromatic carbocycles. The summed E-state index contributed by atoms with van der Waals surface area (Å²) in [5.41, 5.74) is 1.36. The number of hydrogen-bond donors (Lipinski definition) is 3. The number of methoxy groups -OCH3 is 1. The molecule has 3 N–H and O–H groups in total. The molecule has 4 aliphatic carbocycles. The summed E-state index contributed by atoms with van der Waals surface area (Å²) >= 11 is 0. The Balaban J connectivity index is 1.26. The van der Waals surface area contributed by atoms with Crippen molar-refractivity contribution in [2.75, 3.05) is 7.11 Å². The molecule has 0 saturated heterocycles. The normalized spacial score (nSPS) is 40.1. The lowest BCUT2D eigenvalue weighted by molar-refractivity contribution is -0.169. The molecular weight excluding hydrogens is 490 g/mol. The highest BCUT2D eigenvalue weighted by Crippen LogP contribution is 2.68. The van der Waals surface area contributed by atoms with Crippen LogP contribution in [0.15, 0.2) is 24.3 Å². The minimum absolute atomic E-state index is 0.0782. The number of fused-ring (bicyclic) bond motifs is 5. The first-order chi connectivity index (χ1) is 18.6. The number of benzene rings is 1. The van der Waals surface area contributed by atoms with Crippen LogP contribution in [0.3, 0.4) is 0 Å². The standard InChI is InChI=1S/C33H49NO5/c1-20(9-14-30(37)39-4)26-12-13-27-25-11-10-22-17-23(34-31(38)24-8-6-5-7-21(24)19-35)15-16-32(22,2)28(25)18-29(36)33(26,27)3/h5-8,20,22-23,25-29,35-36H,9-19H2,1-4H3,(H,34,38)/t20-,22-,23+,25+,26-,27+,28+,29+,32+,33-/m1/s1. The molecule has 0 aliphatic heterocycles. The zero-order valence-corrected chi connectivity index (χ0v) is 24.3. The molecule has 39 heavy (non-hydrogen) atoms. The number of amides is 1. The second-order valence-corrected chi connectivity index (χ2v) is 13.8. The minimum atomic E-state index is -0.306. The van der Waals surface area contributed by atoms with Crippen LogP contribution in [0.2, 0.25) is 0 Å². The number of hydrogen-bond acceptors (Lipinski definition) is 5. The molecule has 4 aliphatic rings. The fourth-order valence-corrected chi connectivity index (χ4v) is 10.1. The second-order valence-electron chi connectivity index (χ2n) is 13.8. The maximum Gasteiger partial charge on any atom is 0.305 e. The summed E-state index contributed by atoms with van der Waals surface area (Å²) in [7, 11) is 1.46. The van der Waals surface area contributed by atoms with Crippen molar-refractivity contribution in [1.29, 1.82) is 0 Å². The molecule has 0 aromatic heterocycles. The molecule has 1 aromatic rings. The number of esters is 1. The van der Waals surface area contributed by atoms with Gasteiger partial charge in [-0.25, -0.2) is 0 Å². The maximum absolute atomic E-state index is 13.1. The van der Waals surface area contributed by atoms with Gasteiger partial charge in [-0.05, 0) is 116 Å². The first-order valence-corrected chi connectivity index (χ1v) is 15.4. The van der Waals surface area contributed by atoms with Gasteiger partial charge in [0.2, 0.25) is 0 Å². The first kappa shape index (κ1) is 28.6. The summed E-state index contributed by atoms with van der Waals surface area (Å²) in [4.78, 5) is 24.9. The summed E-state index contributed by atoms with van der Waals surface area (Å²) in [6.45, 7) is 6.97. The van der Waals surface area contributed by atoms with Gasteiger partial charge in [-0.2, -0.15) is 0 Å². The maximum atomic E-state index is 13.1. The Kier molecular flexibility index (Phi) is 8.18. The molecule has 4 saturated carbocycles. The number of carbonyl (C=O) groups is 2. The molecular formula is C33H49NO5. The number of rotatable bonds is 7. The predicted octanol–water partition coefficient (Wildman–Crippen LogP) is 5.50. The Bertz CT molecular complexity index is 1060. The van der Waals surface area contributed by atoms with Gasteiger partial charge in [-0.15, -0.1) is 0 Å². The number of carbonyl (C=O) groups excluding carboxylic acids is 2. The minimum Gasteiger partial charge on any atom is -0.469 e. The van der Waals surface area contributed by atoms with Gasteiger partial charge in [-0.3, -0.25) is 9.59 Å². The molecule has 5 rings (SSSR count). The van der Waals surface area contributed by atoms with Crippen molar-refractivity contribution < 1.29 is 24.5 Å². The van der Waals surface area contributed by atoms with Gasteiger partial charge in [0.25, 0.3) is 5.91 Å². The number of nitrogens with one attached hydrogen (secondary N) is 1. The highest BCUT2D eigenvalue weighted by Gasteiger charge is 2.63. The first-order valence-electron chi connectivity index (χ1n) is 15.4. The summed E-state index contributed by atoms with van der Waals surface area (Å²) in [6, 6.07) is 7.47. The van der Waals surface area contributed by atoms with Gasteiger partial charge >= 0.3 is 5.97 Å². The molecule has 0 spiro atoms. The van der Waals surface area contributed by atoms with E-state index in [1.54, 1.807) is 6.07 Å². The summed E-state index contributed by atoms with van der Waals surface area (Å²) in [5.74, 6) is 2.90. The van der Waals surface area contributed by atoms with Crippen molar-refractivity contribution >= 4 is 11.9 Å². The summed E-state index contributed by atoms with van der Waals surface area (Å²) < 4.78 is 4.89. The Hall–Kier alpha value is -1.92. The third-order valence-electron chi connectivity index (χ3n) is 12.3. The van der Waals surface area contributed by atoms with Crippen LogP contribution in [0.5, 0.6) is 0 Å². The molecule has 6 nitrogen and oxygen atoms in total. The molecule has 0 radical (unpaired) electrons. The van der Waals surface area contributed by atoms with Gasteiger partial charge < -0.3 is 20.3 Å². The highest BCUT2D eigenvalue weighted by atomic mass is 16.5. The molecule has 1 amide bonds. The third-order valence-corrected chi connectivity index (χ3v) is 12.3. The van der Waals surface area contributed by atoms with E-state index in [9.17, 15) is 19.8 Å². The Labute approximate surface area is 234 Å². The average Bonchev–Trinajstić information content (AvgIpc) is 3.31. The van der Waals surface area contributed by atoms with Crippen molar-refractivity contribution in [2.24, 2.45) is 46.3 Å². The predicted molar refractivity (Wildman–Crippen MR) is 151 cm³/mol. The zero-order valence-electron chi connectivity index (χ0n) is 24.3. The van der Waals surface area contributed by atoms with E-state index in [0.717, 1.165) is 38.5 Å². The van der Waals surface area contributed by atoms with Crippen LogP contribution >= 0.6 is 0 Å². The Morgan fingerprint density at radius 2 is 1.85 bits per heavy atom. The van der Waals surface area contributed by atoms with Gasteiger partial charge in [0, 0.05) is 18.0 Å². The molecule has 10 atom stereocenters. The lowest BCUT2D eigenvalue weighted by atomic mass is 9.43. The van der Waals surface area contributed by atoms with Crippen molar-refractivity contribution in [3.63, 3.8) is 0 Å². The lowest BCUT2D eigenvalue weighted by Crippen LogP contribution is -2.59. The van der Waals surface area contributed by atoms with Gasteiger partial charge in [0.15, 0.2) is 0 Å². The van der Waals surface area contributed by atoms with Crippen molar-refractivity contribution in [2.45, 2.75) is 104 Å². The van der Waals surface area contributed by atoms with E-state index in [1.807, 2.05) is 18.2 Å². The van der Waals surface area contributed by atoms with Crippen LogP contribution in [-0.2, 0) is 16.1 Å². The SMILES string of the molecule is COC(=O)CC[C@@H](C)[C@H]1CC[C@H]2[C@@H]3CC[C@@H]4C[C@@H](NC(=O)c5ccccc5CO)CC[C@]4(C)[C@H]3C[C@H](O)[C@]12C. The molecule has 216 valence electrons. The van der Waals surface area contributed by atoms with E-state index in [1.165, 1.54) is 26.4 Å². The number of aliphatic hydroxyl groups excluding tert-OH is 2. The van der Waals surface area contributed by atoms with Crippen LogP contribution in [0.4, 0.5) is 0 Å². The molecule has 0 bridgehead atoms. The molecule has 0 heterocycles. The van der Waals surface area contributed by atoms with Crippen molar-refractivity contribution in [1.82, 2.24) is 5.32 Å². The van der Waals surface area contributed by atoms with Crippen molar-refractivity contribution in [3.05, 3.63) is 35.4 Å². The van der Waals surface area contributed by atoms with E-state index >= 15 is 0 Å². The smallest absolute Gasteiger partial charge is 0.305 e. The largest absolute Gasteiger partial charge is 0.469 e. The fourth-order valence-electron chi connectivity index (χ4n) is 10.1. The van der Waals surface area contributed by atoms with Crippen LogP contribution in [0.25, 0.3) is 0 Å². The molecule has 6 heteroatoms. The highest BCUT2D eigenvalue weighted by molar-refractivity contribution is 5.95. The topological polar surface area (TPSA) is 95.9 Å². The second kappa shape index (κ2) is 11.2. The van der Waals surface area contributed by atoms with E-state index in [-0.39, 0.29) is 41.5 Å². The quantitative estimate of drug-likeness (QED) is 0.398. The third kappa shape index (κ3) is 4.94. The van der Waals surface area contributed by atoms with Crippen LogP contribution in [0.1, 0.15) is 101 Å². The number of ether oxygens (including phenoxy) is 1. The summed E-state index contributed by atoms with van der Waals surface area (Å²) in [5, 5.41) is 24.8. The molecule has 0 unspecified atom stereocenters. The fraction of sp³-hybridized carbons (Fsp3) is 0.758. The lowest BCUT2D eigenvalue weighted by Gasteiger charge is -2.62. The van der Waals surface area contributed by atoms with E-state index < -0.39 is 0 Å². The van der Waals surface area contributed by atoms with E-state index in [0.29, 0.717) is 53.1 Å².